The summed E-state index contributed by atoms with van der Waals surface area (Å²) >= 11 is 0. The van der Waals surface area contributed by atoms with Gasteiger partial charge in [0.05, 0.1) is 6.10 Å². The molecule has 2 aliphatic carbocycles. The predicted molar refractivity (Wildman–Crippen MR) is 98.9 cm³/mol. The van der Waals surface area contributed by atoms with Gasteiger partial charge in [-0.2, -0.15) is 0 Å². The van der Waals surface area contributed by atoms with E-state index in [0.717, 1.165) is 37.3 Å². The van der Waals surface area contributed by atoms with Crippen molar-refractivity contribution in [2.45, 2.75) is 63.6 Å². The molecule has 1 aromatic heterocycles. The lowest BCUT2D eigenvalue weighted by Gasteiger charge is -2.26. The van der Waals surface area contributed by atoms with E-state index in [0.29, 0.717) is 12.1 Å². The van der Waals surface area contributed by atoms with Gasteiger partial charge in [-0.05, 0) is 68.2 Å². The molecule has 0 amide bonds. The predicted octanol–water partition coefficient (Wildman–Crippen LogP) is 3.86. The fourth-order valence-corrected chi connectivity index (χ4v) is 4.08. The Kier molecular flexibility index (Phi) is 4.88. The molecule has 1 fully saturated rings. The van der Waals surface area contributed by atoms with Crippen molar-refractivity contribution in [3.05, 3.63) is 63.6 Å². The van der Waals surface area contributed by atoms with Gasteiger partial charge in [-0.15, -0.1) is 0 Å². The molecule has 0 saturated heterocycles. The molecule has 4 nitrogen and oxygen atoms in total. The van der Waals surface area contributed by atoms with Crippen LogP contribution in [0.1, 0.15) is 61.4 Å². The van der Waals surface area contributed by atoms with Crippen molar-refractivity contribution in [2.75, 3.05) is 0 Å². The highest BCUT2D eigenvalue weighted by Gasteiger charge is 2.20. The number of aryl methyl sites for hydroxylation is 1. The molecular weight excluding hydrogens is 312 g/mol. The Morgan fingerprint density at radius 3 is 2.84 bits per heavy atom. The van der Waals surface area contributed by atoms with Crippen LogP contribution in [0.4, 0.5) is 0 Å². The van der Waals surface area contributed by atoms with E-state index >= 15 is 0 Å². The standard InChI is InChI=1S/C21H26N2O2/c24-21-12-11-18-19(9-4-10-20(18)23-21)22-14-15-5-3-8-17(13-15)25-16-6-1-2-7-16/h3,5,8,11-13,16,19,22H,1-2,4,6-7,9-10,14H2,(H,23,24)/t19-/m1/s1. The summed E-state index contributed by atoms with van der Waals surface area (Å²) in [5.41, 5.74) is 3.57. The van der Waals surface area contributed by atoms with Gasteiger partial charge in [-0.1, -0.05) is 18.2 Å². The first-order valence-corrected chi connectivity index (χ1v) is 9.49. The van der Waals surface area contributed by atoms with Crippen LogP contribution in [-0.4, -0.2) is 11.1 Å². The second kappa shape index (κ2) is 7.44. The van der Waals surface area contributed by atoms with E-state index in [1.165, 1.54) is 36.8 Å². The first-order valence-electron chi connectivity index (χ1n) is 9.49. The summed E-state index contributed by atoms with van der Waals surface area (Å²) in [7, 11) is 0. The van der Waals surface area contributed by atoms with Crippen molar-refractivity contribution in [3.8, 4) is 5.75 Å². The molecule has 0 aliphatic heterocycles. The van der Waals surface area contributed by atoms with Crippen LogP contribution in [0, 0.1) is 0 Å². The number of benzene rings is 1. The van der Waals surface area contributed by atoms with Gasteiger partial charge < -0.3 is 15.0 Å². The molecule has 4 rings (SSSR count). The average Bonchev–Trinajstić information content (AvgIpc) is 3.13. The maximum Gasteiger partial charge on any atom is 0.248 e. The second-order valence-corrected chi connectivity index (χ2v) is 7.25. The van der Waals surface area contributed by atoms with E-state index in [4.69, 9.17) is 4.74 Å². The molecule has 2 aromatic rings. The van der Waals surface area contributed by atoms with Crippen LogP contribution < -0.4 is 15.6 Å². The quantitative estimate of drug-likeness (QED) is 0.870. The van der Waals surface area contributed by atoms with E-state index in [2.05, 4.69) is 34.6 Å². The lowest BCUT2D eigenvalue weighted by Crippen LogP contribution is -2.27. The number of rotatable bonds is 5. The summed E-state index contributed by atoms with van der Waals surface area (Å²) < 4.78 is 6.11. The Labute approximate surface area is 148 Å². The van der Waals surface area contributed by atoms with Crippen molar-refractivity contribution in [1.82, 2.24) is 10.3 Å². The molecule has 4 heteroatoms. The Bertz CT molecular complexity index is 777. The van der Waals surface area contributed by atoms with Crippen LogP contribution in [0.2, 0.25) is 0 Å². The highest BCUT2D eigenvalue weighted by Crippen LogP contribution is 2.28. The number of hydrogen-bond acceptors (Lipinski definition) is 3. The molecule has 1 aromatic carbocycles. The monoisotopic (exact) mass is 338 g/mol. The van der Waals surface area contributed by atoms with Crippen LogP contribution in [-0.2, 0) is 13.0 Å². The number of aromatic nitrogens is 1. The third-order valence-electron chi connectivity index (χ3n) is 5.39. The molecule has 2 aliphatic rings. The molecule has 0 radical (unpaired) electrons. The number of ether oxygens (including phenoxy) is 1. The lowest BCUT2D eigenvalue weighted by atomic mass is 9.91. The summed E-state index contributed by atoms with van der Waals surface area (Å²) in [6.45, 7) is 0.811. The highest BCUT2D eigenvalue weighted by molar-refractivity contribution is 5.30. The zero-order chi connectivity index (χ0) is 17.1. The molecule has 0 spiro atoms. The summed E-state index contributed by atoms with van der Waals surface area (Å²) in [6.07, 6.45) is 8.51. The second-order valence-electron chi connectivity index (χ2n) is 7.25. The number of pyridine rings is 1. The minimum atomic E-state index is -0.00355. The molecule has 2 N–H and O–H groups in total. The Hall–Kier alpha value is -2.07. The first-order chi connectivity index (χ1) is 12.3. The SMILES string of the molecule is O=c1ccc2c([nH]1)CCC[C@H]2NCc1cccc(OC2CCCC2)c1. The van der Waals surface area contributed by atoms with Crippen LogP contribution in [0.25, 0.3) is 0 Å². The molecule has 0 bridgehead atoms. The summed E-state index contributed by atoms with van der Waals surface area (Å²) in [6, 6.07) is 12.3. The topological polar surface area (TPSA) is 54.1 Å². The summed E-state index contributed by atoms with van der Waals surface area (Å²) in [5, 5.41) is 3.66. The normalized spacial score (nSPS) is 20.4. The van der Waals surface area contributed by atoms with Gasteiger partial charge in [0.2, 0.25) is 5.56 Å². The van der Waals surface area contributed by atoms with E-state index in [1.54, 1.807) is 6.07 Å². The van der Waals surface area contributed by atoms with Crippen LogP contribution in [0.15, 0.2) is 41.2 Å². The largest absolute Gasteiger partial charge is 0.490 e. The van der Waals surface area contributed by atoms with Crippen molar-refractivity contribution in [2.24, 2.45) is 0 Å². The molecule has 0 unspecified atom stereocenters. The Morgan fingerprint density at radius 2 is 1.96 bits per heavy atom. The molecule has 25 heavy (non-hydrogen) atoms. The summed E-state index contributed by atoms with van der Waals surface area (Å²) in [4.78, 5) is 14.5. The van der Waals surface area contributed by atoms with E-state index < -0.39 is 0 Å². The number of nitrogens with one attached hydrogen (secondary N) is 2. The third kappa shape index (κ3) is 3.96. The van der Waals surface area contributed by atoms with Gasteiger partial charge in [-0.25, -0.2) is 0 Å². The number of hydrogen-bond donors (Lipinski definition) is 2. The maximum atomic E-state index is 11.5. The molecule has 132 valence electrons. The van der Waals surface area contributed by atoms with Gasteiger partial charge in [0.1, 0.15) is 5.75 Å². The maximum absolute atomic E-state index is 11.5. The molecule has 1 atom stereocenters. The fraction of sp³-hybridized carbons (Fsp3) is 0.476. The van der Waals surface area contributed by atoms with Crippen LogP contribution >= 0.6 is 0 Å². The van der Waals surface area contributed by atoms with Crippen molar-refractivity contribution < 1.29 is 4.74 Å². The van der Waals surface area contributed by atoms with E-state index in [1.807, 2.05) is 6.07 Å². The van der Waals surface area contributed by atoms with Gasteiger partial charge in [0.15, 0.2) is 0 Å². The van der Waals surface area contributed by atoms with Crippen molar-refractivity contribution in [1.29, 1.82) is 0 Å². The minimum Gasteiger partial charge on any atom is -0.490 e. The summed E-state index contributed by atoms with van der Waals surface area (Å²) in [5.74, 6) is 0.986. The third-order valence-corrected chi connectivity index (χ3v) is 5.39. The number of aromatic amines is 1. The Balaban J connectivity index is 1.41. The van der Waals surface area contributed by atoms with Gasteiger partial charge in [0, 0.05) is 24.3 Å². The van der Waals surface area contributed by atoms with Crippen molar-refractivity contribution >= 4 is 0 Å². The molecule has 1 heterocycles. The fourth-order valence-electron chi connectivity index (χ4n) is 4.08. The van der Waals surface area contributed by atoms with Crippen molar-refractivity contribution in [3.63, 3.8) is 0 Å². The average molecular weight is 338 g/mol. The zero-order valence-corrected chi connectivity index (χ0v) is 14.6. The van der Waals surface area contributed by atoms with Gasteiger partial charge in [-0.3, -0.25) is 4.79 Å². The van der Waals surface area contributed by atoms with Crippen LogP contribution in [0.3, 0.4) is 0 Å². The van der Waals surface area contributed by atoms with Gasteiger partial charge >= 0.3 is 0 Å². The lowest BCUT2D eigenvalue weighted by molar-refractivity contribution is 0.210. The highest BCUT2D eigenvalue weighted by atomic mass is 16.5. The molecular formula is C21H26N2O2. The van der Waals surface area contributed by atoms with E-state index in [9.17, 15) is 4.79 Å². The minimum absolute atomic E-state index is 0.00355. The first kappa shape index (κ1) is 16.4. The van der Waals surface area contributed by atoms with Crippen LogP contribution in [0.5, 0.6) is 5.75 Å². The van der Waals surface area contributed by atoms with Gasteiger partial charge in [0.25, 0.3) is 0 Å². The smallest absolute Gasteiger partial charge is 0.248 e. The molecule has 1 saturated carbocycles. The number of fused-ring (bicyclic) bond motifs is 1. The zero-order valence-electron chi connectivity index (χ0n) is 14.6. The Morgan fingerprint density at radius 1 is 1.08 bits per heavy atom. The number of H-pyrrole nitrogens is 1. The van der Waals surface area contributed by atoms with E-state index in [-0.39, 0.29) is 5.56 Å².